The highest BCUT2D eigenvalue weighted by atomic mass is 19.1. The molecule has 0 radical (unpaired) electrons. The molecule has 1 N–H and O–H groups in total. The van der Waals surface area contributed by atoms with E-state index in [1.807, 2.05) is 6.20 Å². The molecular formula is C12H15FN4. The van der Waals surface area contributed by atoms with Crippen molar-refractivity contribution in [2.75, 3.05) is 6.54 Å². The summed E-state index contributed by atoms with van der Waals surface area (Å²) in [5.74, 6) is -0.251. The number of halogens is 1. The average Bonchev–Trinajstić information content (AvgIpc) is 2.79. The first-order valence-corrected chi connectivity index (χ1v) is 5.67. The normalized spacial score (nSPS) is 10.7. The molecule has 0 saturated carbocycles. The molecule has 5 heteroatoms. The Morgan fingerprint density at radius 1 is 1.29 bits per heavy atom. The first-order chi connectivity index (χ1) is 8.29. The molecule has 4 nitrogen and oxygen atoms in total. The Morgan fingerprint density at radius 2 is 2.06 bits per heavy atom. The summed E-state index contributed by atoms with van der Waals surface area (Å²) in [4.78, 5) is 0. The second kappa shape index (κ2) is 5.54. The minimum atomic E-state index is -0.251. The Labute approximate surface area is 99.5 Å². The van der Waals surface area contributed by atoms with Gasteiger partial charge in [0.2, 0.25) is 0 Å². The van der Waals surface area contributed by atoms with Crippen molar-refractivity contribution in [3.05, 3.63) is 42.0 Å². The fourth-order valence-electron chi connectivity index (χ4n) is 1.49. The van der Waals surface area contributed by atoms with E-state index in [0.29, 0.717) is 6.54 Å². The van der Waals surface area contributed by atoms with Crippen molar-refractivity contribution in [1.29, 1.82) is 0 Å². The summed E-state index contributed by atoms with van der Waals surface area (Å²) in [5, 5.41) is 11.3. The lowest BCUT2D eigenvalue weighted by Crippen LogP contribution is -2.13. The van der Waals surface area contributed by atoms with E-state index < -0.39 is 0 Å². The fourth-order valence-corrected chi connectivity index (χ4v) is 1.49. The monoisotopic (exact) mass is 234 g/mol. The molecule has 0 fully saturated rings. The molecule has 0 aliphatic carbocycles. The standard InChI is InChI=1S/C12H15FN4/c1-2-7-14-8-11-9-17(16-15-11)12-5-3-10(13)4-6-12/h3-6,9,14H,2,7-8H2,1H3. The van der Waals surface area contributed by atoms with E-state index in [2.05, 4.69) is 22.6 Å². The second-order valence-electron chi connectivity index (χ2n) is 3.81. The van der Waals surface area contributed by atoms with Crippen molar-refractivity contribution in [3.8, 4) is 5.69 Å². The summed E-state index contributed by atoms with van der Waals surface area (Å²) in [6.45, 7) is 3.78. The van der Waals surface area contributed by atoms with Crippen LogP contribution in [0.25, 0.3) is 5.69 Å². The van der Waals surface area contributed by atoms with Crippen molar-refractivity contribution in [2.24, 2.45) is 0 Å². The summed E-state index contributed by atoms with van der Waals surface area (Å²) in [6, 6.07) is 6.17. The summed E-state index contributed by atoms with van der Waals surface area (Å²) in [7, 11) is 0. The van der Waals surface area contributed by atoms with Gasteiger partial charge in [-0.05, 0) is 37.2 Å². The lowest BCUT2D eigenvalue weighted by Gasteiger charge is -1.99. The topological polar surface area (TPSA) is 42.7 Å². The van der Waals surface area contributed by atoms with Crippen molar-refractivity contribution in [2.45, 2.75) is 19.9 Å². The second-order valence-corrected chi connectivity index (χ2v) is 3.81. The Hall–Kier alpha value is -1.75. The molecule has 0 aliphatic rings. The molecule has 0 saturated heterocycles. The van der Waals surface area contributed by atoms with Gasteiger partial charge in [-0.2, -0.15) is 0 Å². The van der Waals surface area contributed by atoms with Gasteiger partial charge in [-0.3, -0.25) is 0 Å². The van der Waals surface area contributed by atoms with E-state index in [0.717, 1.165) is 24.3 Å². The van der Waals surface area contributed by atoms with Crippen LogP contribution in [0.3, 0.4) is 0 Å². The van der Waals surface area contributed by atoms with Crippen LogP contribution < -0.4 is 5.32 Å². The zero-order valence-electron chi connectivity index (χ0n) is 9.73. The zero-order valence-corrected chi connectivity index (χ0v) is 9.73. The number of benzene rings is 1. The molecule has 1 aromatic carbocycles. The maximum atomic E-state index is 12.8. The van der Waals surface area contributed by atoms with E-state index >= 15 is 0 Å². The first kappa shape index (κ1) is 11.7. The Bertz CT molecular complexity index is 464. The van der Waals surface area contributed by atoms with E-state index in [9.17, 15) is 4.39 Å². The van der Waals surface area contributed by atoms with Crippen LogP contribution in [0, 0.1) is 5.82 Å². The molecule has 90 valence electrons. The van der Waals surface area contributed by atoms with Crippen LogP contribution in [0.5, 0.6) is 0 Å². The molecule has 0 atom stereocenters. The highest BCUT2D eigenvalue weighted by Crippen LogP contribution is 2.07. The van der Waals surface area contributed by atoms with Crippen LogP contribution in [0.1, 0.15) is 19.0 Å². The quantitative estimate of drug-likeness (QED) is 0.803. The predicted molar refractivity (Wildman–Crippen MR) is 63.3 cm³/mol. The van der Waals surface area contributed by atoms with Gasteiger partial charge in [-0.25, -0.2) is 9.07 Å². The number of nitrogens with zero attached hydrogens (tertiary/aromatic N) is 3. The van der Waals surface area contributed by atoms with Gasteiger partial charge in [0, 0.05) is 6.54 Å². The molecule has 0 aliphatic heterocycles. The van der Waals surface area contributed by atoms with Gasteiger partial charge in [-0.15, -0.1) is 5.10 Å². The molecule has 1 heterocycles. The van der Waals surface area contributed by atoms with Crippen molar-refractivity contribution in [1.82, 2.24) is 20.3 Å². The van der Waals surface area contributed by atoms with Crippen molar-refractivity contribution in [3.63, 3.8) is 0 Å². The lowest BCUT2D eigenvalue weighted by atomic mass is 10.3. The van der Waals surface area contributed by atoms with Crippen LogP contribution in [0.15, 0.2) is 30.5 Å². The third kappa shape index (κ3) is 3.10. The molecule has 2 aromatic rings. The summed E-state index contributed by atoms with van der Waals surface area (Å²) < 4.78 is 14.4. The van der Waals surface area contributed by atoms with Gasteiger partial charge in [0.1, 0.15) is 5.82 Å². The van der Waals surface area contributed by atoms with Gasteiger partial charge in [0.25, 0.3) is 0 Å². The predicted octanol–water partition coefficient (Wildman–Crippen LogP) is 1.91. The minimum Gasteiger partial charge on any atom is -0.311 e. The first-order valence-electron chi connectivity index (χ1n) is 5.67. The van der Waals surface area contributed by atoms with Crippen LogP contribution in [-0.2, 0) is 6.54 Å². The molecule has 0 unspecified atom stereocenters. The van der Waals surface area contributed by atoms with Gasteiger partial charge >= 0.3 is 0 Å². The maximum absolute atomic E-state index is 12.8. The largest absolute Gasteiger partial charge is 0.311 e. The Balaban J connectivity index is 2.04. The summed E-state index contributed by atoms with van der Waals surface area (Å²) in [5.41, 5.74) is 1.68. The van der Waals surface area contributed by atoms with Gasteiger partial charge in [0.05, 0.1) is 17.6 Å². The number of hydrogen-bond acceptors (Lipinski definition) is 3. The molecule has 0 bridgehead atoms. The SMILES string of the molecule is CCCNCc1cn(-c2ccc(F)cc2)nn1. The minimum absolute atomic E-state index is 0.251. The Morgan fingerprint density at radius 3 is 2.76 bits per heavy atom. The Kier molecular flexibility index (Phi) is 3.82. The van der Waals surface area contributed by atoms with Gasteiger partial charge < -0.3 is 5.32 Å². The van der Waals surface area contributed by atoms with Crippen LogP contribution in [0.2, 0.25) is 0 Å². The number of nitrogens with one attached hydrogen (secondary N) is 1. The van der Waals surface area contributed by atoms with Crippen molar-refractivity contribution < 1.29 is 4.39 Å². The third-order valence-corrected chi connectivity index (χ3v) is 2.36. The maximum Gasteiger partial charge on any atom is 0.123 e. The van der Waals surface area contributed by atoms with Crippen LogP contribution in [-0.4, -0.2) is 21.5 Å². The van der Waals surface area contributed by atoms with E-state index in [4.69, 9.17) is 0 Å². The molecule has 2 rings (SSSR count). The van der Waals surface area contributed by atoms with Crippen LogP contribution >= 0.6 is 0 Å². The van der Waals surface area contributed by atoms with Gasteiger partial charge in [-0.1, -0.05) is 12.1 Å². The number of aromatic nitrogens is 3. The van der Waals surface area contributed by atoms with Crippen molar-refractivity contribution >= 4 is 0 Å². The smallest absolute Gasteiger partial charge is 0.123 e. The van der Waals surface area contributed by atoms with E-state index in [1.165, 1.54) is 12.1 Å². The summed E-state index contributed by atoms with van der Waals surface area (Å²) >= 11 is 0. The molecule has 0 amide bonds. The van der Waals surface area contributed by atoms with Gasteiger partial charge in [0.15, 0.2) is 0 Å². The molecular weight excluding hydrogens is 219 g/mol. The average molecular weight is 234 g/mol. The molecule has 1 aromatic heterocycles. The fraction of sp³-hybridized carbons (Fsp3) is 0.333. The highest BCUT2D eigenvalue weighted by molar-refractivity contribution is 5.30. The third-order valence-electron chi connectivity index (χ3n) is 2.36. The summed E-state index contributed by atoms with van der Waals surface area (Å²) in [6.07, 6.45) is 2.93. The number of hydrogen-bond donors (Lipinski definition) is 1. The molecule has 17 heavy (non-hydrogen) atoms. The zero-order chi connectivity index (χ0) is 12.1. The van der Waals surface area contributed by atoms with E-state index in [-0.39, 0.29) is 5.82 Å². The van der Waals surface area contributed by atoms with E-state index in [1.54, 1.807) is 16.8 Å². The lowest BCUT2D eigenvalue weighted by molar-refractivity contribution is 0.626. The number of rotatable bonds is 5. The highest BCUT2D eigenvalue weighted by Gasteiger charge is 2.02. The molecule has 0 spiro atoms. The van der Waals surface area contributed by atoms with Crippen LogP contribution in [0.4, 0.5) is 4.39 Å².